The van der Waals surface area contributed by atoms with Crippen molar-refractivity contribution in [2.24, 2.45) is 0 Å². The van der Waals surface area contributed by atoms with Gasteiger partial charge in [-0.25, -0.2) is 0 Å². The SMILES string of the molecule is COc1ccccc1C(C)(C)NCc1nnc(Cc2ccccc2)o1. The van der Waals surface area contributed by atoms with Crippen molar-refractivity contribution in [1.82, 2.24) is 15.5 Å². The van der Waals surface area contributed by atoms with Crippen LogP contribution in [0.1, 0.15) is 36.8 Å². The van der Waals surface area contributed by atoms with E-state index in [0.29, 0.717) is 24.7 Å². The lowest BCUT2D eigenvalue weighted by Gasteiger charge is -2.28. The first-order chi connectivity index (χ1) is 12.1. The number of ether oxygens (including phenoxy) is 1. The third-order valence-electron chi connectivity index (χ3n) is 4.17. The number of benzene rings is 2. The Kier molecular flexibility index (Phi) is 5.14. The van der Waals surface area contributed by atoms with Crippen molar-refractivity contribution in [2.75, 3.05) is 7.11 Å². The van der Waals surface area contributed by atoms with Gasteiger partial charge in [-0.05, 0) is 25.5 Å². The van der Waals surface area contributed by atoms with Gasteiger partial charge in [-0.15, -0.1) is 10.2 Å². The molecule has 0 aliphatic heterocycles. The highest BCUT2D eigenvalue weighted by Gasteiger charge is 2.24. The van der Waals surface area contributed by atoms with Crippen molar-refractivity contribution in [3.8, 4) is 5.75 Å². The van der Waals surface area contributed by atoms with Crippen LogP contribution in [0.15, 0.2) is 59.0 Å². The fourth-order valence-corrected chi connectivity index (χ4v) is 2.75. The van der Waals surface area contributed by atoms with Gasteiger partial charge >= 0.3 is 0 Å². The number of hydrogen-bond donors (Lipinski definition) is 1. The fraction of sp³-hybridized carbons (Fsp3) is 0.300. The molecule has 0 radical (unpaired) electrons. The van der Waals surface area contributed by atoms with E-state index in [9.17, 15) is 0 Å². The third kappa shape index (κ3) is 4.25. The van der Waals surface area contributed by atoms with Crippen LogP contribution in [0.5, 0.6) is 5.75 Å². The van der Waals surface area contributed by atoms with Crippen LogP contribution in [0.25, 0.3) is 0 Å². The predicted molar refractivity (Wildman–Crippen MR) is 96.4 cm³/mol. The molecule has 130 valence electrons. The zero-order valence-electron chi connectivity index (χ0n) is 14.8. The molecular weight excluding hydrogens is 314 g/mol. The van der Waals surface area contributed by atoms with Crippen LogP contribution in [-0.2, 0) is 18.5 Å². The van der Waals surface area contributed by atoms with E-state index in [2.05, 4.69) is 35.4 Å². The molecule has 0 spiro atoms. The summed E-state index contributed by atoms with van der Waals surface area (Å²) in [5, 5.41) is 11.7. The van der Waals surface area contributed by atoms with E-state index in [0.717, 1.165) is 16.9 Å². The molecule has 0 aliphatic rings. The maximum atomic E-state index is 5.76. The minimum atomic E-state index is -0.291. The van der Waals surface area contributed by atoms with E-state index >= 15 is 0 Å². The van der Waals surface area contributed by atoms with Gasteiger partial charge in [-0.2, -0.15) is 0 Å². The molecule has 25 heavy (non-hydrogen) atoms. The summed E-state index contributed by atoms with van der Waals surface area (Å²) in [7, 11) is 1.68. The maximum absolute atomic E-state index is 5.76. The normalized spacial score (nSPS) is 11.5. The van der Waals surface area contributed by atoms with Crippen LogP contribution >= 0.6 is 0 Å². The van der Waals surface area contributed by atoms with E-state index in [4.69, 9.17) is 9.15 Å². The highest BCUT2D eigenvalue weighted by molar-refractivity contribution is 5.38. The molecule has 0 unspecified atom stereocenters. The summed E-state index contributed by atoms with van der Waals surface area (Å²) in [5.74, 6) is 2.06. The molecule has 0 fully saturated rings. The Morgan fingerprint density at radius 3 is 2.40 bits per heavy atom. The molecule has 1 heterocycles. The maximum Gasteiger partial charge on any atom is 0.230 e. The summed E-state index contributed by atoms with van der Waals surface area (Å²) in [6.07, 6.45) is 0.643. The first-order valence-electron chi connectivity index (χ1n) is 8.32. The topological polar surface area (TPSA) is 60.2 Å². The Hall–Kier alpha value is -2.66. The zero-order valence-corrected chi connectivity index (χ0v) is 14.8. The van der Waals surface area contributed by atoms with Crippen LogP contribution in [-0.4, -0.2) is 17.3 Å². The van der Waals surface area contributed by atoms with Gasteiger partial charge in [-0.3, -0.25) is 5.32 Å². The van der Waals surface area contributed by atoms with Gasteiger partial charge in [0.05, 0.1) is 20.1 Å². The zero-order chi connectivity index (χ0) is 17.7. The molecular formula is C20H23N3O2. The molecule has 0 atom stereocenters. The molecule has 0 aliphatic carbocycles. The molecule has 5 heteroatoms. The number of para-hydroxylation sites is 1. The number of hydrogen-bond acceptors (Lipinski definition) is 5. The quantitative estimate of drug-likeness (QED) is 0.712. The lowest BCUT2D eigenvalue weighted by Crippen LogP contribution is -2.36. The number of nitrogens with zero attached hydrogens (tertiary/aromatic N) is 2. The van der Waals surface area contributed by atoms with Gasteiger partial charge in [0.1, 0.15) is 5.75 Å². The third-order valence-corrected chi connectivity index (χ3v) is 4.17. The number of nitrogens with one attached hydrogen (secondary N) is 1. The lowest BCUT2D eigenvalue weighted by atomic mass is 9.93. The summed E-state index contributed by atoms with van der Waals surface area (Å²) < 4.78 is 11.2. The van der Waals surface area contributed by atoms with Gasteiger partial charge < -0.3 is 9.15 Å². The van der Waals surface area contributed by atoms with Crippen molar-refractivity contribution in [3.05, 3.63) is 77.5 Å². The van der Waals surface area contributed by atoms with Gasteiger partial charge in [0, 0.05) is 11.1 Å². The summed E-state index contributed by atoms with van der Waals surface area (Å²) in [6, 6.07) is 18.1. The molecule has 0 saturated carbocycles. The smallest absolute Gasteiger partial charge is 0.230 e. The Balaban J connectivity index is 1.65. The molecule has 1 aromatic heterocycles. The van der Waals surface area contributed by atoms with Crippen molar-refractivity contribution < 1.29 is 9.15 Å². The van der Waals surface area contributed by atoms with Crippen LogP contribution in [0.4, 0.5) is 0 Å². The van der Waals surface area contributed by atoms with Gasteiger partial charge in [-0.1, -0.05) is 48.5 Å². The van der Waals surface area contributed by atoms with Gasteiger partial charge in [0.15, 0.2) is 0 Å². The second-order valence-corrected chi connectivity index (χ2v) is 6.43. The minimum Gasteiger partial charge on any atom is -0.496 e. The average molecular weight is 337 g/mol. The molecule has 0 amide bonds. The van der Waals surface area contributed by atoms with Gasteiger partial charge in [0.25, 0.3) is 0 Å². The molecule has 1 N–H and O–H groups in total. The number of rotatable bonds is 7. The van der Waals surface area contributed by atoms with Crippen molar-refractivity contribution in [1.29, 1.82) is 0 Å². The molecule has 0 bridgehead atoms. The number of methoxy groups -OCH3 is 1. The van der Waals surface area contributed by atoms with E-state index in [1.54, 1.807) is 7.11 Å². The first-order valence-corrected chi connectivity index (χ1v) is 8.32. The molecule has 3 rings (SSSR count). The molecule has 3 aromatic rings. The standard InChI is InChI=1S/C20H23N3O2/c1-20(2,16-11-7-8-12-17(16)24-3)21-14-19-23-22-18(25-19)13-15-9-5-4-6-10-15/h4-12,21H,13-14H2,1-3H3. The second kappa shape index (κ2) is 7.49. The van der Waals surface area contributed by atoms with Crippen LogP contribution < -0.4 is 10.1 Å². The highest BCUT2D eigenvalue weighted by Crippen LogP contribution is 2.29. The van der Waals surface area contributed by atoms with Gasteiger partial charge in [0.2, 0.25) is 11.8 Å². The average Bonchev–Trinajstić information content (AvgIpc) is 3.08. The van der Waals surface area contributed by atoms with E-state index in [-0.39, 0.29) is 5.54 Å². The Bertz CT molecular complexity index is 813. The number of aromatic nitrogens is 2. The second-order valence-electron chi connectivity index (χ2n) is 6.43. The van der Waals surface area contributed by atoms with Crippen molar-refractivity contribution in [2.45, 2.75) is 32.4 Å². The first kappa shape index (κ1) is 17.2. The molecule has 5 nitrogen and oxygen atoms in total. The molecule has 0 saturated heterocycles. The van der Waals surface area contributed by atoms with E-state index in [1.165, 1.54) is 0 Å². The summed E-state index contributed by atoms with van der Waals surface area (Å²) in [5.41, 5.74) is 1.95. The highest BCUT2D eigenvalue weighted by atomic mass is 16.5. The van der Waals surface area contributed by atoms with Crippen LogP contribution in [0.3, 0.4) is 0 Å². The Labute approximate surface area is 148 Å². The Morgan fingerprint density at radius 2 is 1.64 bits per heavy atom. The van der Waals surface area contributed by atoms with E-state index in [1.807, 2.05) is 48.5 Å². The largest absolute Gasteiger partial charge is 0.496 e. The van der Waals surface area contributed by atoms with E-state index < -0.39 is 0 Å². The summed E-state index contributed by atoms with van der Waals surface area (Å²) in [6.45, 7) is 4.70. The lowest BCUT2D eigenvalue weighted by molar-refractivity contribution is 0.337. The Morgan fingerprint density at radius 1 is 0.960 bits per heavy atom. The predicted octanol–water partition coefficient (Wildman–Crippen LogP) is 3.69. The summed E-state index contributed by atoms with van der Waals surface area (Å²) >= 11 is 0. The van der Waals surface area contributed by atoms with Crippen LogP contribution in [0, 0.1) is 0 Å². The summed E-state index contributed by atoms with van der Waals surface area (Å²) in [4.78, 5) is 0. The minimum absolute atomic E-state index is 0.291. The van der Waals surface area contributed by atoms with Crippen molar-refractivity contribution >= 4 is 0 Å². The monoisotopic (exact) mass is 337 g/mol. The van der Waals surface area contributed by atoms with Crippen molar-refractivity contribution in [3.63, 3.8) is 0 Å². The fourth-order valence-electron chi connectivity index (χ4n) is 2.75. The van der Waals surface area contributed by atoms with Crippen LogP contribution in [0.2, 0.25) is 0 Å². The molecule has 2 aromatic carbocycles.